The average molecular weight is 314 g/mol. The lowest BCUT2D eigenvalue weighted by atomic mass is 9.99. The minimum atomic E-state index is -0.461. The summed E-state index contributed by atoms with van der Waals surface area (Å²) in [6, 6.07) is 7.59. The molecule has 0 fully saturated rings. The van der Waals surface area contributed by atoms with Gasteiger partial charge in [0.2, 0.25) is 0 Å². The second kappa shape index (κ2) is 6.50. The third-order valence-corrected chi connectivity index (χ3v) is 4.30. The van der Waals surface area contributed by atoms with E-state index in [0.717, 1.165) is 42.2 Å². The Balaban J connectivity index is 1.80. The second-order valence-corrected chi connectivity index (χ2v) is 5.97. The zero-order chi connectivity index (χ0) is 16.4. The minimum absolute atomic E-state index is 0.160. The van der Waals surface area contributed by atoms with Gasteiger partial charge in [-0.1, -0.05) is 24.3 Å². The molecule has 0 amide bonds. The van der Waals surface area contributed by atoms with Crippen molar-refractivity contribution < 1.29 is 9.53 Å². The van der Waals surface area contributed by atoms with E-state index in [0.29, 0.717) is 0 Å². The number of methoxy groups -OCH3 is 1. The van der Waals surface area contributed by atoms with Crippen LogP contribution in [0.25, 0.3) is 0 Å². The molecule has 0 spiro atoms. The molecule has 1 aromatic carbocycles. The molecule has 0 aliphatic carbocycles. The number of hydrogen-bond donors (Lipinski definition) is 1. The van der Waals surface area contributed by atoms with Gasteiger partial charge in [-0.15, -0.1) is 0 Å². The molecule has 0 saturated heterocycles. The summed E-state index contributed by atoms with van der Waals surface area (Å²) in [5, 5.41) is 7.86. The lowest BCUT2D eigenvalue weighted by molar-refractivity contribution is -0.143. The van der Waals surface area contributed by atoms with Crippen molar-refractivity contribution >= 4 is 5.97 Å². The molecule has 0 radical (unpaired) electrons. The van der Waals surface area contributed by atoms with Gasteiger partial charge in [0.1, 0.15) is 17.7 Å². The Morgan fingerprint density at radius 1 is 1.39 bits per heavy atom. The molecular formula is C17H22N4O2. The Kier molecular flexibility index (Phi) is 4.43. The molecule has 0 saturated carbocycles. The highest BCUT2D eigenvalue weighted by Crippen LogP contribution is 2.22. The quantitative estimate of drug-likeness (QED) is 0.870. The smallest absolute Gasteiger partial charge is 0.327 e. The summed E-state index contributed by atoms with van der Waals surface area (Å²) in [5.74, 6) is 1.55. The maximum Gasteiger partial charge on any atom is 0.327 e. The van der Waals surface area contributed by atoms with E-state index in [1.165, 1.54) is 7.11 Å². The van der Waals surface area contributed by atoms with Gasteiger partial charge in [-0.05, 0) is 31.4 Å². The normalized spacial score (nSPS) is 18.3. The van der Waals surface area contributed by atoms with E-state index < -0.39 is 6.04 Å². The Bertz CT molecular complexity index is 710. The van der Waals surface area contributed by atoms with Crippen LogP contribution in [0, 0.1) is 13.8 Å². The number of fused-ring (bicyclic) bond motifs is 1. The van der Waals surface area contributed by atoms with Gasteiger partial charge >= 0.3 is 5.97 Å². The van der Waals surface area contributed by atoms with Crippen molar-refractivity contribution in [1.82, 2.24) is 20.1 Å². The average Bonchev–Trinajstić information content (AvgIpc) is 2.92. The van der Waals surface area contributed by atoms with Crippen LogP contribution in [0.15, 0.2) is 24.3 Å². The molecule has 1 N–H and O–H groups in total. The zero-order valence-electron chi connectivity index (χ0n) is 13.7. The lowest BCUT2D eigenvalue weighted by Crippen LogP contribution is -2.43. The van der Waals surface area contributed by atoms with Crippen LogP contribution < -0.4 is 5.32 Å². The molecule has 2 heterocycles. The highest BCUT2D eigenvalue weighted by molar-refractivity contribution is 5.78. The summed E-state index contributed by atoms with van der Waals surface area (Å²) in [6.45, 7) is 4.63. The fourth-order valence-corrected chi connectivity index (χ4v) is 3.12. The van der Waals surface area contributed by atoms with Crippen LogP contribution in [0.1, 0.15) is 35.2 Å². The van der Waals surface area contributed by atoms with Crippen molar-refractivity contribution in [2.45, 2.75) is 45.3 Å². The fraction of sp³-hybridized carbons (Fsp3) is 0.471. The molecule has 6 heteroatoms. The molecule has 0 unspecified atom stereocenters. The van der Waals surface area contributed by atoms with Crippen LogP contribution in [0.3, 0.4) is 0 Å². The number of nitrogens with zero attached hydrogens (tertiary/aromatic N) is 3. The molecule has 6 nitrogen and oxygen atoms in total. The van der Waals surface area contributed by atoms with E-state index in [2.05, 4.69) is 15.4 Å². The first-order valence-electron chi connectivity index (χ1n) is 7.88. The number of rotatable bonds is 4. The fourth-order valence-electron chi connectivity index (χ4n) is 3.12. The summed E-state index contributed by atoms with van der Waals surface area (Å²) in [7, 11) is 1.43. The number of esters is 1. The van der Waals surface area contributed by atoms with Crippen LogP contribution in [0.2, 0.25) is 0 Å². The van der Waals surface area contributed by atoms with Gasteiger partial charge in [-0.25, -0.2) is 14.5 Å². The second-order valence-electron chi connectivity index (χ2n) is 5.97. The van der Waals surface area contributed by atoms with Crippen LogP contribution >= 0.6 is 0 Å². The number of hydrogen-bond acceptors (Lipinski definition) is 5. The zero-order valence-corrected chi connectivity index (χ0v) is 13.7. The molecule has 2 atom stereocenters. The first kappa shape index (κ1) is 15.7. The van der Waals surface area contributed by atoms with Gasteiger partial charge in [-0.3, -0.25) is 5.32 Å². The van der Waals surface area contributed by atoms with Gasteiger partial charge in [0.25, 0.3) is 0 Å². The summed E-state index contributed by atoms with van der Waals surface area (Å²) >= 11 is 0. The maximum atomic E-state index is 12.3. The highest BCUT2D eigenvalue weighted by atomic mass is 16.5. The van der Waals surface area contributed by atoms with Crippen molar-refractivity contribution in [3.8, 4) is 0 Å². The molecule has 2 aromatic rings. The SMILES string of the molecule is COC(=O)[C@H](N[C@@H]1CCc2nc(C)nn2C1)c1ccccc1C. The minimum Gasteiger partial charge on any atom is -0.468 e. The number of benzene rings is 1. The summed E-state index contributed by atoms with van der Waals surface area (Å²) in [5.41, 5.74) is 2.03. The van der Waals surface area contributed by atoms with Gasteiger partial charge in [0.15, 0.2) is 0 Å². The monoisotopic (exact) mass is 314 g/mol. The lowest BCUT2D eigenvalue weighted by Gasteiger charge is -2.28. The Hall–Kier alpha value is -2.21. The third kappa shape index (κ3) is 3.27. The number of ether oxygens (including phenoxy) is 1. The van der Waals surface area contributed by atoms with Gasteiger partial charge in [-0.2, -0.15) is 5.10 Å². The van der Waals surface area contributed by atoms with Crippen LogP contribution in [-0.2, 0) is 22.5 Å². The van der Waals surface area contributed by atoms with E-state index >= 15 is 0 Å². The maximum absolute atomic E-state index is 12.3. The molecule has 122 valence electrons. The predicted molar refractivity (Wildman–Crippen MR) is 85.9 cm³/mol. The van der Waals surface area contributed by atoms with Gasteiger partial charge < -0.3 is 4.74 Å². The van der Waals surface area contributed by atoms with Crippen molar-refractivity contribution in [1.29, 1.82) is 0 Å². The van der Waals surface area contributed by atoms with Crippen molar-refractivity contribution in [2.24, 2.45) is 0 Å². The van der Waals surface area contributed by atoms with Crippen LogP contribution in [-0.4, -0.2) is 33.9 Å². The summed E-state index contributed by atoms with van der Waals surface area (Å²) in [6.07, 6.45) is 1.79. The molecule has 23 heavy (non-hydrogen) atoms. The van der Waals surface area contributed by atoms with Crippen LogP contribution in [0.5, 0.6) is 0 Å². The van der Waals surface area contributed by atoms with Gasteiger partial charge in [0.05, 0.1) is 13.7 Å². The first-order chi connectivity index (χ1) is 11.1. The number of carbonyl (C=O) groups is 1. The summed E-state index contributed by atoms with van der Waals surface area (Å²) in [4.78, 5) is 16.7. The summed E-state index contributed by atoms with van der Waals surface area (Å²) < 4.78 is 6.93. The molecular weight excluding hydrogens is 292 g/mol. The van der Waals surface area contributed by atoms with Gasteiger partial charge in [0, 0.05) is 12.5 Å². The molecule has 3 rings (SSSR count). The molecule has 1 aromatic heterocycles. The topological polar surface area (TPSA) is 69.0 Å². The standard InChI is InChI=1S/C17H22N4O2/c1-11-6-4-5-7-14(11)16(17(22)23-3)19-13-8-9-15-18-12(2)20-21(15)10-13/h4-7,13,16,19H,8-10H2,1-3H3/t13-,16-/m1/s1. The Morgan fingerprint density at radius 3 is 2.91 bits per heavy atom. The highest BCUT2D eigenvalue weighted by Gasteiger charge is 2.28. The predicted octanol–water partition coefficient (Wildman–Crippen LogP) is 1.71. The third-order valence-electron chi connectivity index (χ3n) is 4.30. The number of aryl methyl sites for hydroxylation is 3. The largest absolute Gasteiger partial charge is 0.468 e. The number of aromatic nitrogens is 3. The van der Waals surface area contributed by atoms with Crippen molar-refractivity contribution in [2.75, 3.05) is 7.11 Å². The first-order valence-corrected chi connectivity index (χ1v) is 7.88. The van der Waals surface area contributed by atoms with E-state index in [4.69, 9.17) is 4.74 Å². The van der Waals surface area contributed by atoms with E-state index in [-0.39, 0.29) is 12.0 Å². The van der Waals surface area contributed by atoms with E-state index in [1.807, 2.05) is 42.8 Å². The Morgan fingerprint density at radius 2 is 2.17 bits per heavy atom. The Labute approximate surface area is 135 Å². The molecule has 1 aliphatic rings. The van der Waals surface area contributed by atoms with Crippen LogP contribution in [0.4, 0.5) is 0 Å². The molecule has 1 aliphatic heterocycles. The van der Waals surface area contributed by atoms with Crippen molar-refractivity contribution in [3.63, 3.8) is 0 Å². The number of nitrogens with one attached hydrogen (secondary N) is 1. The van der Waals surface area contributed by atoms with E-state index in [9.17, 15) is 4.79 Å². The molecule has 0 bridgehead atoms. The van der Waals surface area contributed by atoms with E-state index in [1.54, 1.807) is 0 Å². The van der Waals surface area contributed by atoms with Crippen molar-refractivity contribution in [3.05, 3.63) is 47.0 Å². The number of carbonyl (C=O) groups excluding carboxylic acids is 1.